The van der Waals surface area contributed by atoms with E-state index in [4.69, 9.17) is 9.84 Å². The van der Waals surface area contributed by atoms with Crippen molar-refractivity contribution in [3.8, 4) is 5.75 Å². The predicted molar refractivity (Wildman–Crippen MR) is 69.6 cm³/mol. The van der Waals surface area contributed by atoms with Gasteiger partial charge in [-0.05, 0) is 29.8 Å². The predicted octanol–water partition coefficient (Wildman–Crippen LogP) is 2.78. The summed E-state index contributed by atoms with van der Waals surface area (Å²) >= 11 is 0. The smallest absolute Gasteiger partial charge is 0.335 e. The zero-order chi connectivity index (χ0) is 13.7. The molecule has 19 heavy (non-hydrogen) atoms. The van der Waals surface area contributed by atoms with E-state index in [1.165, 1.54) is 6.07 Å². The Balaban J connectivity index is 2.07. The summed E-state index contributed by atoms with van der Waals surface area (Å²) in [7, 11) is 0. The lowest BCUT2D eigenvalue weighted by molar-refractivity contribution is 0.0696. The van der Waals surface area contributed by atoms with Crippen LogP contribution in [0, 0.1) is 0 Å². The second-order valence-electron chi connectivity index (χ2n) is 3.98. The van der Waals surface area contributed by atoms with Crippen LogP contribution in [-0.2, 0) is 6.61 Å². The van der Waals surface area contributed by atoms with Gasteiger partial charge in [-0.25, -0.2) is 4.79 Å². The molecule has 0 radical (unpaired) electrons. The molecule has 0 aromatic heterocycles. The van der Waals surface area contributed by atoms with Crippen LogP contribution in [0.4, 0.5) is 0 Å². The van der Waals surface area contributed by atoms with Gasteiger partial charge in [-0.3, -0.25) is 4.79 Å². The molecule has 0 atom stereocenters. The highest BCUT2D eigenvalue weighted by Gasteiger charge is 2.03. The standard InChI is InChI=1S/C15H12O4/c16-9-11-3-2-6-14(8-11)19-10-12-4-1-5-13(7-12)15(17)18/h1-9H,10H2,(H,17,18). The minimum atomic E-state index is -0.968. The van der Waals surface area contributed by atoms with E-state index in [0.717, 1.165) is 11.8 Å². The molecule has 0 unspecified atom stereocenters. The molecule has 0 aliphatic heterocycles. The van der Waals surface area contributed by atoms with Crippen LogP contribution in [0.15, 0.2) is 48.5 Å². The van der Waals surface area contributed by atoms with Gasteiger partial charge >= 0.3 is 5.97 Å². The Morgan fingerprint density at radius 2 is 1.95 bits per heavy atom. The van der Waals surface area contributed by atoms with Gasteiger partial charge in [0.25, 0.3) is 0 Å². The first kappa shape index (κ1) is 12.8. The Hall–Kier alpha value is -2.62. The maximum absolute atomic E-state index is 10.8. The summed E-state index contributed by atoms with van der Waals surface area (Å²) in [6, 6.07) is 13.3. The van der Waals surface area contributed by atoms with Gasteiger partial charge in [0.1, 0.15) is 18.6 Å². The van der Waals surface area contributed by atoms with Crippen molar-refractivity contribution in [2.45, 2.75) is 6.61 Å². The fourth-order valence-electron chi connectivity index (χ4n) is 1.64. The molecule has 0 saturated heterocycles. The molecule has 0 spiro atoms. The van der Waals surface area contributed by atoms with Crippen LogP contribution in [-0.4, -0.2) is 17.4 Å². The number of hydrogen-bond donors (Lipinski definition) is 1. The molecule has 4 nitrogen and oxygen atoms in total. The van der Waals surface area contributed by atoms with Crippen molar-refractivity contribution in [2.75, 3.05) is 0 Å². The second-order valence-corrected chi connectivity index (χ2v) is 3.98. The minimum Gasteiger partial charge on any atom is -0.489 e. The van der Waals surface area contributed by atoms with Crippen LogP contribution < -0.4 is 4.74 Å². The molecule has 2 aromatic carbocycles. The van der Waals surface area contributed by atoms with Crippen molar-refractivity contribution < 1.29 is 19.4 Å². The van der Waals surface area contributed by atoms with Gasteiger partial charge < -0.3 is 9.84 Å². The van der Waals surface area contributed by atoms with E-state index in [-0.39, 0.29) is 12.2 Å². The number of rotatable bonds is 5. The molecule has 2 aromatic rings. The fraction of sp³-hybridized carbons (Fsp3) is 0.0667. The molecular weight excluding hydrogens is 244 g/mol. The van der Waals surface area contributed by atoms with Gasteiger partial charge in [0.2, 0.25) is 0 Å². The Bertz CT molecular complexity index is 605. The zero-order valence-corrected chi connectivity index (χ0v) is 10.1. The van der Waals surface area contributed by atoms with E-state index in [9.17, 15) is 9.59 Å². The van der Waals surface area contributed by atoms with Gasteiger partial charge in [-0.2, -0.15) is 0 Å². The van der Waals surface area contributed by atoms with Crippen LogP contribution in [0.3, 0.4) is 0 Å². The van der Waals surface area contributed by atoms with Crippen molar-refractivity contribution in [3.05, 3.63) is 65.2 Å². The summed E-state index contributed by atoms with van der Waals surface area (Å²) in [5, 5.41) is 8.88. The van der Waals surface area contributed by atoms with Gasteiger partial charge in [-0.15, -0.1) is 0 Å². The lowest BCUT2D eigenvalue weighted by Crippen LogP contribution is -2.00. The minimum absolute atomic E-state index is 0.225. The van der Waals surface area contributed by atoms with Gasteiger partial charge in [-0.1, -0.05) is 24.3 Å². The molecule has 0 amide bonds. The van der Waals surface area contributed by atoms with Gasteiger partial charge in [0, 0.05) is 5.56 Å². The average Bonchev–Trinajstić information content (AvgIpc) is 2.45. The van der Waals surface area contributed by atoms with Crippen molar-refractivity contribution in [1.29, 1.82) is 0 Å². The average molecular weight is 256 g/mol. The maximum atomic E-state index is 10.8. The number of carbonyl (C=O) groups excluding carboxylic acids is 1. The molecular formula is C15H12O4. The lowest BCUT2D eigenvalue weighted by atomic mass is 10.1. The van der Waals surface area contributed by atoms with Crippen LogP contribution in [0.25, 0.3) is 0 Å². The topological polar surface area (TPSA) is 63.6 Å². The number of benzene rings is 2. The van der Waals surface area contributed by atoms with Crippen LogP contribution >= 0.6 is 0 Å². The highest BCUT2D eigenvalue weighted by Crippen LogP contribution is 2.14. The van der Waals surface area contributed by atoms with E-state index in [1.54, 1.807) is 42.5 Å². The van der Waals surface area contributed by atoms with E-state index in [2.05, 4.69) is 0 Å². The number of ether oxygens (including phenoxy) is 1. The molecule has 0 saturated carbocycles. The highest BCUT2D eigenvalue weighted by atomic mass is 16.5. The van der Waals surface area contributed by atoms with Crippen LogP contribution in [0.1, 0.15) is 26.3 Å². The molecule has 0 bridgehead atoms. The Morgan fingerprint density at radius 1 is 1.16 bits per heavy atom. The van der Waals surface area contributed by atoms with Crippen molar-refractivity contribution >= 4 is 12.3 Å². The van der Waals surface area contributed by atoms with E-state index in [0.29, 0.717) is 11.3 Å². The SMILES string of the molecule is O=Cc1cccc(OCc2cccc(C(=O)O)c2)c1. The molecule has 0 fully saturated rings. The number of carbonyl (C=O) groups is 2. The summed E-state index contributed by atoms with van der Waals surface area (Å²) < 4.78 is 5.52. The first-order chi connectivity index (χ1) is 9.19. The molecule has 0 aliphatic rings. The third-order valence-corrected chi connectivity index (χ3v) is 2.57. The highest BCUT2D eigenvalue weighted by molar-refractivity contribution is 5.87. The maximum Gasteiger partial charge on any atom is 0.335 e. The zero-order valence-electron chi connectivity index (χ0n) is 10.1. The number of carboxylic acids is 1. The van der Waals surface area contributed by atoms with Crippen molar-refractivity contribution in [1.82, 2.24) is 0 Å². The van der Waals surface area contributed by atoms with Crippen molar-refractivity contribution in [2.24, 2.45) is 0 Å². The summed E-state index contributed by atoms with van der Waals surface area (Å²) in [4.78, 5) is 21.5. The summed E-state index contributed by atoms with van der Waals surface area (Å²) in [6.07, 6.45) is 0.748. The normalized spacial score (nSPS) is 9.89. The van der Waals surface area contributed by atoms with Gasteiger partial charge in [0.15, 0.2) is 0 Å². The third-order valence-electron chi connectivity index (χ3n) is 2.57. The molecule has 96 valence electrons. The molecule has 0 heterocycles. The number of aldehydes is 1. The van der Waals surface area contributed by atoms with Crippen molar-refractivity contribution in [3.63, 3.8) is 0 Å². The summed E-state index contributed by atoms with van der Waals surface area (Å²) in [5.74, 6) is -0.393. The Morgan fingerprint density at radius 3 is 2.68 bits per heavy atom. The van der Waals surface area contributed by atoms with E-state index >= 15 is 0 Å². The first-order valence-corrected chi connectivity index (χ1v) is 5.69. The monoisotopic (exact) mass is 256 g/mol. The quantitative estimate of drug-likeness (QED) is 0.835. The van der Waals surface area contributed by atoms with E-state index < -0.39 is 5.97 Å². The largest absolute Gasteiger partial charge is 0.489 e. The van der Waals surface area contributed by atoms with Gasteiger partial charge in [0.05, 0.1) is 5.56 Å². The van der Waals surface area contributed by atoms with Crippen LogP contribution in [0.5, 0.6) is 5.75 Å². The molecule has 2 rings (SSSR count). The Kier molecular flexibility index (Phi) is 3.93. The second kappa shape index (κ2) is 5.82. The van der Waals surface area contributed by atoms with Crippen LogP contribution in [0.2, 0.25) is 0 Å². The summed E-state index contributed by atoms with van der Waals surface area (Å²) in [6.45, 7) is 0.253. The summed E-state index contributed by atoms with van der Waals surface area (Å²) in [5.41, 5.74) is 1.52. The molecule has 4 heteroatoms. The van der Waals surface area contributed by atoms with E-state index in [1.807, 2.05) is 0 Å². The number of hydrogen-bond acceptors (Lipinski definition) is 3. The molecule has 0 aliphatic carbocycles. The Labute approximate surface area is 110 Å². The number of aromatic carboxylic acids is 1. The lowest BCUT2D eigenvalue weighted by Gasteiger charge is -2.07. The fourth-order valence-corrected chi connectivity index (χ4v) is 1.64. The first-order valence-electron chi connectivity index (χ1n) is 5.69. The third kappa shape index (κ3) is 3.42. The number of carboxylic acid groups (broad SMARTS) is 1. The molecule has 1 N–H and O–H groups in total.